The number of hydrogen-bond donors (Lipinski definition) is 3. The third-order valence-corrected chi connectivity index (χ3v) is 6.44. The number of aliphatic hydroxyl groups excluding tert-OH is 1. The van der Waals surface area contributed by atoms with Gasteiger partial charge in [-0.05, 0) is 54.7 Å². The largest absolute Gasteiger partial charge is 0.390 e. The van der Waals surface area contributed by atoms with E-state index in [-0.39, 0.29) is 39.0 Å². The summed E-state index contributed by atoms with van der Waals surface area (Å²) < 4.78 is 58.2. The monoisotopic (exact) mass is 534 g/mol. The Morgan fingerprint density at radius 2 is 1.92 bits per heavy atom. The molecular formula is C25H19ClF4N4O3. The molecule has 3 N–H and O–H groups in total. The molecule has 5 rings (SSSR count). The zero-order chi connectivity index (χ0) is 26.5. The first-order valence-corrected chi connectivity index (χ1v) is 11.6. The summed E-state index contributed by atoms with van der Waals surface area (Å²) in [6.07, 6.45) is 2.55. The number of halogens is 5. The molecule has 12 heteroatoms. The highest BCUT2D eigenvalue weighted by molar-refractivity contribution is 6.30. The molecule has 2 aromatic carbocycles. The minimum absolute atomic E-state index is 0.0334. The second-order valence-corrected chi connectivity index (χ2v) is 9.26. The molecule has 1 aliphatic carbocycles. The molecule has 1 saturated carbocycles. The Labute approximate surface area is 211 Å². The molecule has 0 unspecified atom stereocenters. The van der Waals surface area contributed by atoms with Crippen molar-refractivity contribution < 1.29 is 27.5 Å². The summed E-state index contributed by atoms with van der Waals surface area (Å²) in [4.78, 5) is 28.9. The predicted molar refractivity (Wildman–Crippen MR) is 127 cm³/mol. The Bertz CT molecular complexity index is 1560. The highest BCUT2D eigenvalue weighted by Crippen LogP contribution is 2.44. The van der Waals surface area contributed by atoms with Crippen LogP contribution in [0.1, 0.15) is 46.3 Å². The first-order valence-electron chi connectivity index (χ1n) is 11.2. The summed E-state index contributed by atoms with van der Waals surface area (Å²) in [5.41, 5.74) is -0.551. The topological polar surface area (TPSA) is 99.5 Å². The molecule has 2 heterocycles. The number of fused-ring (bicyclic) bond motifs is 1. The van der Waals surface area contributed by atoms with Crippen LogP contribution in [-0.4, -0.2) is 38.1 Å². The zero-order valence-corrected chi connectivity index (χ0v) is 19.7. The third kappa shape index (κ3) is 4.72. The molecule has 0 aliphatic heterocycles. The molecule has 0 saturated heterocycles. The number of amides is 1. The molecule has 1 fully saturated rings. The van der Waals surface area contributed by atoms with E-state index in [1.807, 2.05) is 0 Å². The average molecular weight is 535 g/mol. The number of nitrogens with zero attached hydrogens (tertiary/aromatic N) is 2. The van der Waals surface area contributed by atoms with Crippen LogP contribution < -0.4 is 10.9 Å². The number of rotatable bonds is 7. The van der Waals surface area contributed by atoms with E-state index in [0.717, 1.165) is 34.8 Å². The highest BCUT2D eigenvalue weighted by Gasteiger charge is 2.42. The van der Waals surface area contributed by atoms with Crippen molar-refractivity contribution in [1.29, 1.82) is 0 Å². The lowest BCUT2D eigenvalue weighted by Gasteiger charge is -2.26. The highest BCUT2D eigenvalue weighted by atomic mass is 35.5. The maximum Gasteiger partial charge on any atom is 0.294 e. The van der Waals surface area contributed by atoms with Crippen molar-refractivity contribution in [2.24, 2.45) is 0 Å². The standard InChI is InChI=1S/C25H19ClF4N4O3/c26-14-5-8-18(28)16(9-14)22-32-24(37)20-19(12-1-2-12)17(10-34(20)33-22)23(36)31-21(25(29,30)11-35)13-3-6-15(27)7-4-13/h3-10,12,21,35H,1-2,11H2,(H,31,36)(H,32,33,37)/t21-/m0/s1. The van der Waals surface area contributed by atoms with E-state index in [1.165, 1.54) is 18.3 Å². The van der Waals surface area contributed by atoms with Crippen LogP contribution in [0.4, 0.5) is 17.6 Å². The summed E-state index contributed by atoms with van der Waals surface area (Å²) >= 11 is 5.96. The lowest BCUT2D eigenvalue weighted by molar-refractivity contribution is -0.0785. The lowest BCUT2D eigenvalue weighted by atomic mass is 9.99. The Morgan fingerprint density at radius 3 is 2.57 bits per heavy atom. The number of nitrogens with one attached hydrogen (secondary N) is 2. The van der Waals surface area contributed by atoms with Gasteiger partial charge in [0.25, 0.3) is 17.4 Å². The normalized spacial score (nSPS) is 14.6. The van der Waals surface area contributed by atoms with Gasteiger partial charge < -0.3 is 15.4 Å². The number of aromatic nitrogens is 3. The van der Waals surface area contributed by atoms with Crippen LogP contribution in [-0.2, 0) is 0 Å². The Morgan fingerprint density at radius 1 is 1.22 bits per heavy atom. The summed E-state index contributed by atoms with van der Waals surface area (Å²) in [7, 11) is 0. The molecule has 37 heavy (non-hydrogen) atoms. The number of carbonyl (C=O) groups excluding carboxylic acids is 1. The molecule has 4 aromatic rings. The van der Waals surface area contributed by atoms with Crippen molar-refractivity contribution in [3.8, 4) is 11.4 Å². The molecule has 0 radical (unpaired) electrons. The number of H-pyrrole nitrogens is 1. The van der Waals surface area contributed by atoms with E-state index in [0.29, 0.717) is 18.4 Å². The number of aliphatic hydroxyl groups is 1. The molecule has 1 atom stereocenters. The van der Waals surface area contributed by atoms with Gasteiger partial charge in [-0.25, -0.2) is 22.1 Å². The second kappa shape index (κ2) is 9.31. The maximum absolute atomic E-state index is 14.7. The maximum atomic E-state index is 14.7. The second-order valence-electron chi connectivity index (χ2n) is 8.83. The first-order chi connectivity index (χ1) is 17.6. The molecule has 0 bridgehead atoms. The minimum atomic E-state index is -3.78. The van der Waals surface area contributed by atoms with Crippen LogP contribution in [0.25, 0.3) is 16.9 Å². The number of benzene rings is 2. The van der Waals surface area contributed by atoms with Crippen LogP contribution in [0.2, 0.25) is 5.02 Å². The van der Waals surface area contributed by atoms with Gasteiger partial charge in [0.1, 0.15) is 29.8 Å². The molecule has 7 nitrogen and oxygen atoms in total. The van der Waals surface area contributed by atoms with Crippen molar-refractivity contribution in [2.75, 3.05) is 6.61 Å². The fraction of sp³-hybridized carbons (Fsp3) is 0.240. The van der Waals surface area contributed by atoms with Gasteiger partial charge in [-0.1, -0.05) is 23.7 Å². The summed E-state index contributed by atoms with van der Waals surface area (Å²) in [6.45, 7) is -1.57. The number of hydrogen-bond acceptors (Lipinski definition) is 4. The van der Waals surface area contributed by atoms with Crippen LogP contribution in [0, 0.1) is 11.6 Å². The fourth-order valence-corrected chi connectivity index (χ4v) is 4.44. The molecule has 1 amide bonds. The van der Waals surface area contributed by atoms with Crippen molar-refractivity contribution in [2.45, 2.75) is 30.7 Å². The van der Waals surface area contributed by atoms with E-state index < -0.39 is 41.7 Å². The van der Waals surface area contributed by atoms with Crippen LogP contribution in [0.3, 0.4) is 0 Å². The third-order valence-electron chi connectivity index (χ3n) is 6.21. The SMILES string of the molecule is O=C(N[C@@H](c1ccc(F)cc1)C(F)(F)CO)c1cn2nc(-c3cc(Cl)ccc3F)[nH]c(=O)c2c1C1CC1. The molecular weight excluding hydrogens is 516 g/mol. The Kier molecular flexibility index (Phi) is 6.28. The lowest BCUT2D eigenvalue weighted by Crippen LogP contribution is -2.43. The average Bonchev–Trinajstić information content (AvgIpc) is 3.63. The van der Waals surface area contributed by atoms with Crippen molar-refractivity contribution >= 4 is 23.0 Å². The van der Waals surface area contributed by atoms with Crippen LogP contribution >= 0.6 is 11.6 Å². The van der Waals surface area contributed by atoms with Crippen LogP contribution in [0.15, 0.2) is 53.5 Å². The van der Waals surface area contributed by atoms with Gasteiger partial charge in [-0.3, -0.25) is 9.59 Å². The zero-order valence-electron chi connectivity index (χ0n) is 18.9. The molecule has 192 valence electrons. The van der Waals surface area contributed by atoms with E-state index in [2.05, 4.69) is 15.4 Å². The molecule has 0 spiro atoms. The number of carbonyl (C=O) groups is 1. The van der Waals surface area contributed by atoms with E-state index in [9.17, 15) is 32.3 Å². The smallest absolute Gasteiger partial charge is 0.294 e. The predicted octanol–water partition coefficient (Wildman–Crippen LogP) is 4.60. The van der Waals surface area contributed by atoms with Gasteiger partial charge in [0, 0.05) is 16.8 Å². The van der Waals surface area contributed by atoms with Gasteiger partial charge in [0.05, 0.1) is 11.1 Å². The number of aromatic amines is 1. The Balaban J connectivity index is 1.60. The van der Waals surface area contributed by atoms with Gasteiger partial charge >= 0.3 is 0 Å². The fourth-order valence-electron chi connectivity index (χ4n) is 4.27. The summed E-state index contributed by atoms with van der Waals surface area (Å²) in [5.74, 6) is -6.38. The van der Waals surface area contributed by atoms with Gasteiger partial charge in [0.15, 0.2) is 5.82 Å². The minimum Gasteiger partial charge on any atom is -0.390 e. The molecule has 1 aliphatic rings. The van der Waals surface area contributed by atoms with E-state index in [1.54, 1.807) is 0 Å². The first kappa shape index (κ1) is 25.0. The van der Waals surface area contributed by atoms with Gasteiger partial charge in [0.2, 0.25) is 0 Å². The molecule has 2 aromatic heterocycles. The van der Waals surface area contributed by atoms with E-state index in [4.69, 9.17) is 11.6 Å². The van der Waals surface area contributed by atoms with Crippen molar-refractivity contribution in [3.05, 3.63) is 92.4 Å². The van der Waals surface area contributed by atoms with Gasteiger partial charge in [-0.15, -0.1) is 5.10 Å². The van der Waals surface area contributed by atoms with Crippen molar-refractivity contribution in [3.63, 3.8) is 0 Å². The number of alkyl halides is 2. The quantitative estimate of drug-likeness (QED) is 0.302. The summed E-state index contributed by atoms with van der Waals surface area (Å²) in [6, 6.07) is 5.84. The van der Waals surface area contributed by atoms with Crippen LogP contribution in [0.5, 0.6) is 0 Å². The van der Waals surface area contributed by atoms with E-state index >= 15 is 0 Å². The van der Waals surface area contributed by atoms with Crippen molar-refractivity contribution in [1.82, 2.24) is 19.9 Å². The van der Waals surface area contributed by atoms with Gasteiger partial charge in [-0.2, -0.15) is 0 Å². The Hall–Kier alpha value is -3.70. The summed E-state index contributed by atoms with van der Waals surface area (Å²) in [5, 5.41) is 16.0.